The number of rotatable bonds is 3. The van der Waals surface area contributed by atoms with Gasteiger partial charge in [-0.15, -0.1) is 11.8 Å². The maximum atomic E-state index is 13.7. The van der Waals surface area contributed by atoms with Crippen LogP contribution >= 0.6 is 11.8 Å². The van der Waals surface area contributed by atoms with Crippen LogP contribution in [0.1, 0.15) is 27.2 Å². The molecule has 0 aromatic carbocycles. The van der Waals surface area contributed by atoms with Gasteiger partial charge < -0.3 is 0 Å². The normalized spacial score (nSPS) is 28.7. The van der Waals surface area contributed by atoms with Crippen molar-refractivity contribution >= 4 is 11.8 Å². The van der Waals surface area contributed by atoms with E-state index in [2.05, 4.69) is 6.92 Å². The number of thioether (sulfide) groups is 1. The standard InChI is InChI=1S/C10H15FS/c1-4-8-9(12-5-2)6-7-10(8,3)11/h6-7H,4-5H2,1-3H3/t10-/m0/s1. The van der Waals surface area contributed by atoms with E-state index in [0.717, 1.165) is 22.7 Å². The van der Waals surface area contributed by atoms with E-state index in [1.807, 2.05) is 13.0 Å². The Morgan fingerprint density at radius 1 is 1.50 bits per heavy atom. The fourth-order valence-electron chi connectivity index (χ4n) is 1.48. The molecule has 0 bridgehead atoms. The smallest absolute Gasteiger partial charge is 0.149 e. The summed E-state index contributed by atoms with van der Waals surface area (Å²) in [6.07, 6.45) is 4.37. The molecule has 1 atom stereocenters. The molecule has 12 heavy (non-hydrogen) atoms. The zero-order chi connectivity index (χ0) is 9.19. The highest BCUT2D eigenvalue weighted by atomic mass is 32.2. The largest absolute Gasteiger partial charge is 0.235 e. The molecule has 68 valence electrons. The summed E-state index contributed by atoms with van der Waals surface area (Å²) in [7, 11) is 0. The first-order valence-electron chi connectivity index (χ1n) is 4.36. The highest BCUT2D eigenvalue weighted by molar-refractivity contribution is 8.03. The van der Waals surface area contributed by atoms with Crippen LogP contribution in [-0.2, 0) is 0 Å². The molecule has 0 aromatic heterocycles. The molecule has 0 aliphatic heterocycles. The van der Waals surface area contributed by atoms with Crippen molar-refractivity contribution in [3.8, 4) is 0 Å². The first-order chi connectivity index (χ1) is 5.61. The Labute approximate surface area is 77.9 Å². The first kappa shape index (κ1) is 9.85. The summed E-state index contributed by atoms with van der Waals surface area (Å²) in [5.74, 6) is 1.01. The molecule has 0 spiro atoms. The molecule has 0 amide bonds. The second-order valence-electron chi connectivity index (χ2n) is 3.04. The predicted molar refractivity (Wildman–Crippen MR) is 54.1 cm³/mol. The molecule has 0 unspecified atom stereocenters. The number of hydrogen-bond acceptors (Lipinski definition) is 1. The maximum Gasteiger partial charge on any atom is 0.149 e. The molecular formula is C10H15FS. The Morgan fingerprint density at radius 2 is 2.17 bits per heavy atom. The lowest BCUT2D eigenvalue weighted by atomic mass is 10.00. The van der Waals surface area contributed by atoms with Gasteiger partial charge in [-0.2, -0.15) is 0 Å². The molecule has 0 nitrogen and oxygen atoms in total. The van der Waals surface area contributed by atoms with E-state index < -0.39 is 5.67 Å². The second kappa shape index (κ2) is 3.65. The Kier molecular flexibility index (Phi) is 2.99. The summed E-state index contributed by atoms with van der Waals surface area (Å²) in [6.45, 7) is 5.73. The third kappa shape index (κ3) is 1.74. The molecule has 0 aromatic rings. The topological polar surface area (TPSA) is 0 Å². The van der Waals surface area contributed by atoms with Gasteiger partial charge in [-0.25, -0.2) is 4.39 Å². The van der Waals surface area contributed by atoms with E-state index in [1.54, 1.807) is 24.8 Å². The van der Waals surface area contributed by atoms with Crippen LogP contribution in [0.15, 0.2) is 22.6 Å². The van der Waals surface area contributed by atoms with Crippen molar-refractivity contribution in [1.29, 1.82) is 0 Å². The predicted octanol–water partition coefficient (Wildman–Crippen LogP) is 3.70. The molecule has 1 aliphatic rings. The van der Waals surface area contributed by atoms with Crippen LogP contribution in [-0.4, -0.2) is 11.4 Å². The van der Waals surface area contributed by atoms with Gasteiger partial charge in [0.25, 0.3) is 0 Å². The van der Waals surface area contributed by atoms with Gasteiger partial charge in [-0.1, -0.05) is 13.8 Å². The van der Waals surface area contributed by atoms with E-state index in [-0.39, 0.29) is 0 Å². The van der Waals surface area contributed by atoms with Gasteiger partial charge in [0.1, 0.15) is 5.67 Å². The van der Waals surface area contributed by atoms with Crippen molar-refractivity contribution in [2.24, 2.45) is 0 Å². The van der Waals surface area contributed by atoms with Crippen LogP contribution in [0.5, 0.6) is 0 Å². The van der Waals surface area contributed by atoms with E-state index in [9.17, 15) is 4.39 Å². The molecule has 0 fully saturated rings. The Balaban J connectivity index is 2.87. The summed E-state index contributed by atoms with van der Waals surface area (Å²) in [6, 6.07) is 0. The number of halogens is 1. The molecule has 0 saturated heterocycles. The highest BCUT2D eigenvalue weighted by Crippen LogP contribution is 2.39. The second-order valence-corrected chi connectivity index (χ2v) is 4.34. The van der Waals surface area contributed by atoms with Gasteiger partial charge in [0, 0.05) is 4.91 Å². The van der Waals surface area contributed by atoms with Gasteiger partial charge in [0.15, 0.2) is 0 Å². The maximum absolute atomic E-state index is 13.7. The minimum Gasteiger partial charge on any atom is -0.235 e. The Bertz CT molecular complexity index is 226. The van der Waals surface area contributed by atoms with Gasteiger partial charge in [-0.05, 0) is 36.8 Å². The fraction of sp³-hybridized carbons (Fsp3) is 0.600. The van der Waals surface area contributed by atoms with Crippen molar-refractivity contribution in [3.05, 3.63) is 22.6 Å². The number of allylic oxidation sites excluding steroid dienone is 3. The van der Waals surface area contributed by atoms with E-state index in [1.165, 1.54) is 0 Å². The molecule has 0 N–H and O–H groups in total. The molecular weight excluding hydrogens is 171 g/mol. The number of hydrogen-bond donors (Lipinski definition) is 0. The first-order valence-corrected chi connectivity index (χ1v) is 5.35. The van der Waals surface area contributed by atoms with E-state index in [0.29, 0.717) is 0 Å². The van der Waals surface area contributed by atoms with Crippen molar-refractivity contribution in [1.82, 2.24) is 0 Å². The third-order valence-corrected chi connectivity index (χ3v) is 3.07. The van der Waals surface area contributed by atoms with E-state index in [4.69, 9.17) is 0 Å². The molecule has 2 heteroatoms. The number of alkyl halides is 1. The molecule has 0 radical (unpaired) electrons. The Hall–Kier alpha value is -0.240. The molecule has 0 saturated carbocycles. The average Bonchev–Trinajstić information content (AvgIpc) is 2.27. The monoisotopic (exact) mass is 186 g/mol. The molecule has 1 rings (SSSR count). The quantitative estimate of drug-likeness (QED) is 0.647. The minimum absolute atomic E-state index is 0.808. The van der Waals surface area contributed by atoms with Gasteiger partial charge >= 0.3 is 0 Å². The molecule has 0 heterocycles. The van der Waals surface area contributed by atoms with Crippen molar-refractivity contribution in [3.63, 3.8) is 0 Å². The van der Waals surface area contributed by atoms with E-state index >= 15 is 0 Å². The van der Waals surface area contributed by atoms with Crippen LogP contribution in [0.2, 0.25) is 0 Å². The van der Waals surface area contributed by atoms with Crippen molar-refractivity contribution < 1.29 is 4.39 Å². The lowest BCUT2D eigenvalue weighted by molar-refractivity contribution is 0.307. The van der Waals surface area contributed by atoms with Crippen molar-refractivity contribution in [2.45, 2.75) is 32.9 Å². The minimum atomic E-state index is -1.19. The van der Waals surface area contributed by atoms with Gasteiger partial charge in [0.2, 0.25) is 0 Å². The van der Waals surface area contributed by atoms with Crippen LogP contribution < -0.4 is 0 Å². The van der Waals surface area contributed by atoms with Crippen LogP contribution in [0.4, 0.5) is 4.39 Å². The fourth-order valence-corrected chi connectivity index (χ4v) is 2.48. The zero-order valence-corrected chi connectivity index (χ0v) is 8.67. The summed E-state index contributed by atoms with van der Waals surface area (Å²) < 4.78 is 13.7. The third-order valence-electron chi connectivity index (χ3n) is 2.09. The van der Waals surface area contributed by atoms with Crippen molar-refractivity contribution in [2.75, 3.05) is 5.75 Å². The zero-order valence-electron chi connectivity index (χ0n) is 7.86. The lowest BCUT2D eigenvalue weighted by Crippen LogP contribution is -2.14. The lowest BCUT2D eigenvalue weighted by Gasteiger charge is -2.15. The van der Waals surface area contributed by atoms with Crippen LogP contribution in [0.3, 0.4) is 0 Å². The van der Waals surface area contributed by atoms with Gasteiger partial charge in [-0.3, -0.25) is 0 Å². The summed E-state index contributed by atoms with van der Waals surface area (Å²) >= 11 is 1.73. The summed E-state index contributed by atoms with van der Waals surface area (Å²) in [4.78, 5) is 1.13. The van der Waals surface area contributed by atoms with Crippen LogP contribution in [0, 0.1) is 0 Å². The SMILES string of the molecule is CCSC1=C(CC)[C@@](C)(F)C=C1. The summed E-state index contributed by atoms with van der Waals surface area (Å²) in [5, 5.41) is 0. The van der Waals surface area contributed by atoms with Gasteiger partial charge in [0.05, 0.1) is 0 Å². The Morgan fingerprint density at radius 3 is 2.67 bits per heavy atom. The highest BCUT2D eigenvalue weighted by Gasteiger charge is 2.30. The average molecular weight is 186 g/mol. The summed E-state index contributed by atoms with van der Waals surface area (Å²) in [5.41, 5.74) is -0.249. The van der Waals surface area contributed by atoms with Crippen LogP contribution in [0.25, 0.3) is 0 Å². The molecule has 1 aliphatic carbocycles.